The Morgan fingerprint density at radius 2 is 2.07 bits per heavy atom. The summed E-state index contributed by atoms with van der Waals surface area (Å²) in [5.74, 6) is -3.13. The van der Waals surface area contributed by atoms with Crippen molar-refractivity contribution in [1.82, 2.24) is 9.88 Å². The zero-order chi connectivity index (χ0) is 21.7. The predicted octanol–water partition coefficient (Wildman–Crippen LogP) is 1.50. The maximum atomic E-state index is 13.5. The Labute approximate surface area is 163 Å². The van der Waals surface area contributed by atoms with Gasteiger partial charge in [0.1, 0.15) is 12.2 Å². The number of ether oxygens (including phenoxy) is 3. The summed E-state index contributed by atoms with van der Waals surface area (Å²) in [7, 11) is 1.50. The van der Waals surface area contributed by atoms with Gasteiger partial charge in [-0.15, -0.1) is 0 Å². The van der Waals surface area contributed by atoms with Crippen LogP contribution in [-0.2, 0) is 19.1 Å². The highest BCUT2D eigenvalue weighted by Crippen LogP contribution is 2.40. The Hall–Kier alpha value is -2.47. The van der Waals surface area contributed by atoms with E-state index in [1.54, 1.807) is 4.90 Å². The number of carbonyl (C=O) groups is 2. The number of amides is 1. The maximum absolute atomic E-state index is 13.5. The molecule has 8 nitrogen and oxygen atoms in total. The van der Waals surface area contributed by atoms with Crippen molar-refractivity contribution in [3.63, 3.8) is 0 Å². The lowest BCUT2D eigenvalue weighted by atomic mass is 9.81. The first-order valence-electron chi connectivity index (χ1n) is 8.53. The van der Waals surface area contributed by atoms with Crippen molar-refractivity contribution in [2.45, 2.75) is 18.2 Å². The molecule has 3 rings (SSSR count). The maximum Gasteiger partial charge on any atom is 0.490 e. The van der Waals surface area contributed by atoms with E-state index in [1.165, 1.54) is 25.4 Å². The van der Waals surface area contributed by atoms with Crippen LogP contribution < -0.4 is 4.74 Å². The van der Waals surface area contributed by atoms with Crippen molar-refractivity contribution in [2.24, 2.45) is 5.92 Å². The van der Waals surface area contributed by atoms with E-state index in [0.717, 1.165) is 6.42 Å². The number of carboxylic acids is 1. The number of rotatable bonds is 5. The first-order valence-corrected chi connectivity index (χ1v) is 8.53. The average molecular weight is 424 g/mol. The molecule has 0 bridgehead atoms. The highest BCUT2D eigenvalue weighted by atomic mass is 19.4. The Kier molecular flexibility index (Phi) is 7.36. The van der Waals surface area contributed by atoms with Crippen molar-refractivity contribution >= 4 is 11.9 Å². The smallest absolute Gasteiger partial charge is 0.475 e. The van der Waals surface area contributed by atoms with Gasteiger partial charge in [-0.1, -0.05) is 0 Å². The minimum atomic E-state index is -5.08. The van der Waals surface area contributed by atoms with Gasteiger partial charge in [0.15, 0.2) is 5.82 Å². The number of aliphatic carboxylic acids is 1. The predicted molar refractivity (Wildman–Crippen MR) is 88.6 cm³/mol. The van der Waals surface area contributed by atoms with Gasteiger partial charge < -0.3 is 24.2 Å². The van der Waals surface area contributed by atoms with E-state index in [9.17, 15) is 22.4 Å². The molecule has 1 amide bonds. The second kappa shape index (κ2) is 9.35. The molecule has 1 N–H and O–H groups in total. The number of pyridine rings is 1. The minimum Gasteiger partial charge on any atom is -0.475 e. The molecule has 0 aromatic carbocycles. The van der Waals surface area contributed by atoms with Gasteiger partial charge in [-0.25, -0.2) is 14.2 Å². The summed E-state index contributed by atoms with van der Waals surface area (Å²) in [6, 6.07) is 2.84. The molecule has 1 unspecified atom stereocenters. The molecule has 3 heterocycles. The van der Waals surface area contributed by atoms with E-state index in [2.05, 4.69) is 4.98 Å². The van der Waals surface area contributed by atoms with Gasteiger partial charge in [0.05, 0.1) is 19.7 Å². The molecule has 29 heavy (non-hydrogen) atoms. The van der Waals surface area contributed by atoms with Crippen LogP contribution in [0.5, 0.6) is 5.88 Å². The normalized spacial score (nSPS) is 19.9. The summed E-state index contributed by atoms with van der Waals surface area (Å²) in [5.41, 5.74) is -0.366. The van der Waals surface area contributed by atoms with Crippen molar-refractivity contribution in [3.8, 4) is 5.88 Å². The highest BCUT2D eigenvalue weighted by Gasteiger charge is 2.54. The number of hydrogen-bond acceptors (Lipinski definition) is 6. The number of aromatic nitrogens is 1. The third-order valence-corrected chi connectivity index (χ3v) is 4.53. The number of likely N-dealkylation sites (tertiary alicyclic amines) is 1. The van der Waals surface area contributed by atoms with Crippen molar-refractivity contribution < 1.29 is 46.5 Å². The second-order valence-electron chi connectivity index (χ2n) is 6.49. The van der Waals surface area contributed by atoms with E-state index >= 15 is 0 Å². The minimum absolute atomic E-state index is 0.0104. The van der Waals surface area contributed by atoms with Crippen LogP contribution in [-0.4, -0.2) is 78.7 Å². The van der Waals surface area contributed by atoms with Crippen LogP contribution in [0.4, 0.5) is 17.6 Å². The van der Waals surface area contributed by atoms with Crippen LogP contribution in [0.1, 0.15) is 6.42 Å². The Bertz CT molecular complexity index is 724. The molecule has 2 fully saturated rings. The number of carboxylic acid groups (broad SMARTS) is 1. The molecule has 0 aliphatic carbocycles. The van der Waals surface area contributed by atoms with Gasteiger partial charge in [0.2, 0.25) is 11.8 Å². The zero-order valence-corrected chi connectivity index (χ0v) is 15.4. The number of carbonyl (C=O) groups excluding carboxylic acids is 1. The summed E-state index contributed by atoms with van der Waals surface area (Å²) in [6.07, 6.45) is -2.76. The van der Waals surface area contributed by atoms with Gasteiger partial charge in [0, 0.05) is 25.8 Å². The fourth-order valence-electron chi connectivity index (χ4n) is 3.02. The van der Waals surface area contributed by atoms with Gasteiger partial charge >= 0.3 is 12.1 Å². The summed E-state index contributed by atoms with van der Waals surface area (Å²) in [4.78, 5) is 26.2. The van der Waals surface area contributed by atoms with Crippen LogP contribution in [0.15, 0.2) is 18.3 Å². The molecule has 0 radical (unpaired) electrons. The lowest BCUT2D eigenvalue weighted by molar-refractivity contribution is -0.192. The average Bonchev–Trinajstić information content (AvgIpc) is 3.03. The van der Waals surface area contributed by atoms with Crippen molar-refractivity contribution in [3.05, 3.63) is 24.1 Å². The van der Waals surface area contributed by atoms with Crippen LogP contribution in [0.3, 0.4) is 0 Å². The van der Waals surface area contributed by atoms with Gasteiger partial charge in [-0.05, 0) is 18.6 Å². The van der Waals surface area contributed by atoms with Crippen LogP contribution in [0.2, 0.25) is 0 Å². The summed E-state index contributed by atoms with van der Waals surface area (Å²) in [6.45, 7) is 2.11. The van der Waals surface area contributed by atoms with E-state index in [0.29, 0.717) is 26.3 Å². The first kappa shape index (κ1) is 22.8. The second-order valence-corrected chi connectivity index (χ2v) is 6.49. The van der Waals surface area contributed by atoms with Crippen LogP contribution >= 0.6 is 0 Å². The molecule has 2 aliphatic rings. The number of nitrogens with zero attached hydrogens (tertiary/aromatic N) is 2. The number of hydrogen-bond donors (Lipinski definition) is 1. The van der Waals surface area contributed by atoms with E-state index < -0.39 is 18.0 Å². The Balaban J connectivity index is 0.000000370. The standard InChI is InChI=1S/C15H19FN2O4.C2HF3O2/c1-20-8-13(19)18-9-15(10-18)11(4-6-22-15)7-21-14-12(16)3-2-5-17-14;3-2(4,5)1(6)7/h2-3,5,11H,4,6-10H2,1H3;(H,6,7). The molecule has 1 aromatic rings. The molecule has 12 heteroatoms. The van der Waals surface area contributed by atoms with Gasteiger partial charge in [-0.2, -0.15) is 13.2 Å². The van der Waals surface area contributed by atoms with Crippen LogP contribution in [0.25, 0.3) is 0 Å². The lowest BCUT2D eigenvalue weighted by Gasteiger charge is -2.49. The molecule has 2 aliphatic heterocycles. The van der Waals surface area contributed by atoms with E-state index in [1.807, 2.05) is 0 Å². The fourth-order valence-corrected chi connectivity index (χ4v) is 3.02. The zero-order valence-electron chi connectivity index (χ0n) is 15.4. The third kappa shape index (κ3) is 5.76. The molecule has 1 aromatic heterocycles. The largest absolute Gasteiger partial charge is 0.490 e. The molecule has 0 saturated carbocycles. The van der Waals surface area contributed by atoms with Crippen molar-refractivity contribution in [2.75, 3.05) is 40.0 Å². The SMILES string of the molecule is COCC(=O)N1CC2(C1)OCCC2COc1ncccc1F.O=C(O)C(F)(F)F. The lowest BCUT2D eigenvalue weighted by Crippen LogP contribution is -2.67. The Morgan fingerprint density at radius 3 is 2.62 bits per heavy atom. The molecular formula is C17H20F4N2O6. The quantitative estimate of drug-likeness (QED) is 0.716. The van der Waals surface area contributed by atoms with E-state index in [4.69, 9.17) is 24.1 Å². The molecule has 1 spiro atoms. The van der Waals surface area contributed by atoms with Gasteiger partial charge in [0.25, 0.3) is 0 Å². The molecular weight excluding hydrogens is 404 g/mol. The number of methoxy groups -OCH3 is 1. The van der Waals surface area contributed by atoms with Crippen LogP contribution in [0, 0.1) is 11.7 Å². The molecule has 2 saturated heterocycles. The first-order chi connectivity index (χ1) is 13.6. The van der Waals surface area contributed by atoms with Crippen molar-refractivity contribution in [1.29, 1.82) is 0 Å². The third-order valence-electron chi connectivity index (χ3n) is 4.53. The molecule has 162 valence electrons. The monoisotopic (exact) mass is 424 g/mol. The fraction of sp³-hybridized carbons (Fsp3) is 0.588. The summed E-state index contributed by atoms with van der Waals surface area (Å²) >= 11 is 0. The number of alkyl halides is 3. The van der Waals surface area contributed by atoms with Gasteiger partial charge in [-0.3, -0.25) is 4.79 Å². The summed E-state index contributed by atoms with van der Waals surface area (Å²) < 4.78 is 61.4. The summed E-state index contributed by atoms with van der Waals surface area (Å²) in [5, 5.41) is 7.12. The number of halogens is 4. The topological polar surface area (TPSA) is 98.2 Å². The Morgan fingerprint density at radius 1 is 1.41 bits per heavy atom. The highest BCUT2D eigenvalue weighted by molar-refractivity contribution is 5.78. The molecule has 1 atom stereocenters. The van der Waals surface area contributed by atoms with E-state index in [-0.39, 0.29) is 29.9 Å².